The summed E-state index contributed by atoms with van der Waals surface area (Å²) in [6, 6.07) is 69.1. The van der Waals surface area contributed by atoms with E-state index in [2.05, 4.69) is 138 Å². The van der Waals surface area contributed by atoms with Crippen LogP contribution < -0.4 is 0 Å². The number of benzene rings is 8. The van der Waals surface area contributed by atoms with Gasteiger partial charge in [0.1, 0.15) is 5.69 Å². The van der Waals surface area contributed by atoms with Gasteiger partial charge < -0.3 is 0 Å². The molecule has 6 heteroatoms. The predicted molar refractivity (Wildman–Crippen MR) is 240 cm³/mol. The maximum atomic E-state index is 5.25. The molecule has 0 aliphatic rings. The molecule has 8 aromatic carbocycles. The molecule has 0 aliphatic carbocycles. The average molecular weight is 755 g/mol. The van der Waals surface area contributed by atoms with E-state index in [1.54, 1.807) is 0 Å². The van der Waals surface area contributed by atoms with E-state index in [1.165, 1.54) is 0 Å². The number of hydrogen-bond acceptors (Lipinski definition) is 5. The Bertz CT molecular complexity index is 3320. The highest BCUT2D eigenvalue weighted by atomic mass is 15.1. The molecule has 0 bridgehead atoms. The van der Waals surface area contributed by atoms with Gasteiger partial charge in [-0.05, 0) is 74.8 Å². The third kappa shape index (κ3) is 6.02. The fourth-order valence-electron chi connectivity index (χ4n) is 8.26. The number of imidazole rings is 1. The molecule has 3 heterocycles. The van der Waals surface area contributed by atoms with Gasteiger partial charge in [0.15, 0.2) is 23.3 Å². The second kappa shape index (κ2) is 14.4. The van der Waals surface area contributed by atoms with E-state index < -0.39 is 0 Å². The van der Waals surface area contributed by atoms with Gasteiger partial charge in [0, 0.05) is 28.3 Å². The summed E-state index contributed by atoms with van der Waals surface area (Å²) in [5.41, 5.74) is 11.1. The van der Waals surface area contributed by atoms with Crippen LogP contribution in [0.15, 0.2) is 206 Å². The number of fused-ring (bicyclic) bond motifs is 3. The number of para-hydroxylation sites is 2. The minimum Gasteiger partial charge on any atom is -0.290 e. The molecule has 11 aromatic rings. The van der Waals surface area contributed by atoms with Crippen molar-refractivity contribution in [3.63, 3.8) is 0 Å². The Balaban J connectivity index is 1.10. The molecule has 0 aliphatic heterocycles. The third-order valence-corrected chi connectivity index (χ3v) is 11.0. The molecule has 0 N–H and O–H groups in total. The van der Waals surface area contributed by atoms with Crippen LogP contribution in [0, 0.1) is 0 Å². The van der Waals surface area contributed by atoms with Gasteiger partial charge in [-0.25, -0.2) is 19.9 Å². The lowest BCUT2D eigenvalue weighted by Crippen LogP contribution is -2.02. The van der Waals surface area contributed by atoms with Crippen molar-refractivity contribution in [2.75, 3.05) is 0 Å². The van der Waals surface area contributed by atoms with Crippen molar-refractivity contribution in [3.8, 4) is 73.6 Å². The Morgan fingerprint density at radius 3 is 1.58 bits per heavy atom. The molecule has 0 saturated carbocycles. The second-order valence-electron chi connectivity index (χ2n) is 14.4. The summed E-state index contributed by atoms with van der Waals surface area (Å²) in [7, 11) is 0. The Kier molecular flexibility index (Phi) is 8.37. The lowest BCUT2D eigenvalue weighted by molar-refractivity contribution is 1.08. The number of nitrogens with zero attached hydrogens (tertiary/aromatic N) is 6. The molecule has 0 amide bonds. The molecule has 0 saturated heterocycles. The zero-order valence-corrected chi connectivity index (χ0v) is 31.8. The monoisotopic (exact) mass is 754 g/mol. The SMILES string of the molecule is c1ccc(-c2nc(-c3ccccc3-c3ccccc3)nc(-c3ccc(-c4ccc(-n5c(-c6ccccn6)nc6ccccc65)c5ccccc45)c4ccccc34)n2)cc1. The fourth-order valence-corrected chi connectivity index (χ4v) is 8.26. The summed E-state index contributed by atoms with van der Waals surface area (Å²) < 4.78 is 2.24. The van der Waals surface area contributed by atoms with Gasteiger partial charge in [-0.2, -0.15) is 0 Å². The highest BCUT2D eigenvalue weighted by Crippen LogP contribution is 2.41. The molecule has 3 aromatic heterocycles. The van der Waals surface area contributed by atoms with Crippen molar-refractivity contribution < 1.29 is 0 Å². The predicted octanol–water partition coefficient (Wildman–Crippen LogP) is 12.9. The van der Waals surface area contributed by atoms with Gasteiger partial charge in [0.05, 0.1) is 16.7 Å². The molecule has 59 heavy (non-hydrogen) atoms. The minimum atomic E-state index is 0.619. The molecule has 0 radical (unpaired) electrons. The summed E-state index contributed by atoms with van der Waals surface area (Å²) in [6.45, 7) is 0. The zero-order valence-electron chi connectivity index (χ0n) is 31.8. The van der Waals surface area contributed by atoms with Crippen molar-refractivity contribution in [1.29, 1.82) is 0 Å². The van der Waals surface area contributed by atoms with Crippen LogP contribution in [0.5, 0.6) is 0 Å². The molecule has 0 fully saturated rings. The first-order valence-electron chi connectivity index (χ1n) is 19.7. The van der Waals surface area contributed by atoms with Crippen molar-refractivity contribution in [2.24, 2.45) is 0 Å². The smallest absolute Gasteiger partial charge is 0.164 e. The Labute approximate surface area is 340 Å². The van der Waals surface area contributed by atoms with Gasteiger partial charge in [-0.1, -0.05) is 164 Å². The number of pyridine rings is 1. The average Bonchev–Trinajstić information content (AvgIpc) is 3.71. The van der Waals surface area contributed by atoms with Gasteiger partial charge >= 0.3 is 0 Å². The molecular weight excluding hydrogens is 721 g/mol. The van der Waals surface area contributed by atoms with E-state index in [0.29, 0.717) is 17.5 Å². The summed E-state index contributed by atoms with van der Waals surface area (Å²) in [4.78, 5) is 25.3. The van der Waals surface area contributed by atoms with Crippen molar-refractivity contribution >= 4 is 32.6 Å². The van der Waals surface area contributed by atoms with Crippen molar-refractivity contribution in [2.45, 2.75) is 0 Å². The van der Waals surface area contributed by atoms with Crippen LogP contribution >= 0.6 is 0 Å². The minimum absolute atomic E-state index is 0.619. The van der Waals surface area contributed by atoms with Crippen LogP contribution in [0.3, 0.4) is 0 Å². The van der Waals surface area contributed by atoms with E-state index in [4.69, 9.17) is 24.9 Å². The molecule has 11 rings (SSSR count). The first-order valence-corrected chi connectivity index (χ1v) is 19.7. The van der Waals surface area contributed by atoms with Crippen molar-refractivity contribution in [1.82, 2.24) is 29.5 Å². The van der Waals surface area contributed by atoms with Crippen molar-refractivity contribution in [3.05, 3.63) is 206 Å². The first kappa shape index (κ1) is 34.2. The summed E-state index contributed by atoms with van der Waals surface area (Å²) >= 11 is 0. The van der Waals surface area contributed by atoms with Gasteiger partial charge in [-0.15, -0.1) is 0 Å². The Morgan fingerprint density at radius 1 is 0.322 bits per heavy atom. The zero-order chi connectivity index (χ0) is 39.1. The number of hydrogen-bond donors (Lipinski definition) is 0. The van der Waals surface area contributed by atoms with E-state index >= 15 is 0 Å². The maximum Gasteiger partial charge on any atom is 0.164 e. The second-order valence-corrected chi connectivity index (χ2v) is 14.4. The van der Waals surface area contributed by atoms with Crippen LogP contribution in [0.2, 0.25) is 0 Å². The van der Waals surface area contributed by atoms with E-state index in [-0.39, 0.29) is 0 Å². The lowest BCUT2D eigenvalue weighted by atomic mass is 9.91. The molecule has 276 valence electrons. The lowest BCUT2D eigenvalue weighted by Gasteiger charge is -2.17. The van der Waals surface area contributed by atoms with Crippen LogP contribution in [-0.4, -0.2) is 29.5 Å². The van der Waals surface area contributed by atoms with Crippen LogP contribution in [0.25, 0.3) is 106 Å². The highest BCUT2D eigenvalue weighted by Gasteiger charge is 2.21. The quantitative estimate of drug-likeness (QED) is 0.162. The maximum absolute atomic E-state index is 5.25. The van der Waals surface area contributed by atoms with Crippen LogP contribution in [0.4, 0.5) is 0 Å². The van der Waals surface area contributed by atoms with E-state index in [1.807, 2.05) is 72.9 Å². The summed E-state index contributed by atoms with van der Waals surface area (Å²) in [6.07, 6.45) is 1.82. The topological polar surface area (TPSA) is 69.4 Å². The Hall–Kier alpha value is -8.09. The van der Waals surface area contributed by atoms with Crippen LogP contribution in [0.1, 0.15) is 0 Å². The van der Waals surface area contributed by atoms with E-state index in [0.717, 1.165) is 88.7 Å². The molecule has 0 unspecified atom stereocenters. The molecule has 0 spiro atoms. The molecular formula is C53H34N6. The molecule has 0 atom stereocenters. The van der Waals surface area contributed by atoms with Crippen LogP contribution in [-0.2, 0) is 0 Å². The third-order valence-electron chi connectivity index (χ3n) is 11.0. The first-order chi connectivity index (χ1) is 29.3. The standard InChI is InChI=1S/C53H34N6/c1-3-17-35(18-4-1)37-21-7-12-26-44(37)51-56-50(36-19-5-2-6-20-36)57-52(58-51)45-31-30-41(38-22-8-9-24-40(38)45)42-32-33-48(43-25-11-10-23-39(42)43)59-49-29-14-13-27-46(49)55-53(59)47-28-15-16-34-54-47/h1-34H. The number of aromatic nitrogens is 6. The van der Waals surface area contributed by atoms with E-state index in [9.17, 15) is 0 Å². The highest BCUT2D eigenvalue weighted by molar-refractivity contribution is 6.11. The van der Waals surface area contributed by atoms with Gasteiger partial charge in [0.2, 0.25) is 0 Å². The van der Waals surface area contributed by atoms with Gasteiger partial charge in [-0.3, -0.25) is 9.55 Å². The molecule has 6 nitrogen and oxygen atoms in total. The number of rotatable bonds is 7. The fraction of sp³-hybridized carbons (Fsp3) is 0. The normalized spacial score (nSPS) is 11.4. The van der Waals surface area contributed by atoms with Gasteiger partial charge in [0.25, 0.3) is 0 Å². The largest absolute Gasteiger partial charge is 0.290 e. The Morgan fingerprint density at radius 2 is 0.847 bits per heavy atom. The summed E-state index contributed by atoms with van der Waals surface area (Å²) in [5, 5.41) is 4.42. The summed E-state index contributed by atoms with van der Waals surface area (Å²) in [5.74, 6) is 2.67.